The van der Waals surface area contributed by atoms with Crippen LogP contribution in [0.2, 0.25) is 0 Å². The molecule has 4 nitrogen and oxygen atoms in total. The average molecular weight is 201 g/mol. The second-order valence-corrected chi connectivity index (χ2v) is 3.97. The summed E-state index contributed by atoms with van der Waals surface area (Å²) in [5.41, 5.74) is 5.62. The van der Waals surface area contributed by atoms with Crippen molar-refractivity contribution in [3.05, 3.63) is 0 Å². The first-order chi connectivity index (χ1) is 6.52. The van der Waals surface area contributed by atoms with Crippen LogP contribution in [0, 0.1) is 5.92 Å². The lowest BCUT2D eigenvalue weighted by Crippen LogP contribution is -2.35. The third kappa shape index (κ3) is 9.32. The number of nitrogens with zero attached hydrogens (tertiary/aromatic N) is 1. The van der Waals surface area contributed by atoms with Crippen molar-refractivity contribution in [2.75, 3.05) is 19.7 Å². The van der Waals surface area contributed by atoms with Crippen molar-refractivity contribution >= 4 is 5.96 Å². The number of nitrogens with one attached hydrogen (secondary N) is 1. The number of ether oxygens (including phenoxy) is 1. The minimum atomic E-state index is 0.269. The Hall–Kier alpha value is -0.770. The third-order valence-electron chi connectivity index (χ3n) is 1.49. The van der Waals surface area contributed by atoms with Gasteiger partial charge in [-0.05, 0) is 19.8 Å². The first-order valence-corrected chi connectivity index (χ1v) is 5.17. The molecule has 0 saturated heterocycles. The van der Waals surface area contributed by atoms with Crippen LogP contribution < -0.4 is 11.1 Å². The van der Waals surface area contributed by atoms with Crippen LogP contribution in [0.4, 0.5) is 0 Å². The molecule has 0 bridgehead atoms. The molecule has 0 radical (unpaired) electrons. The average Bonchev–Trinajstić information content (AvgIpc) is 2.08. The van der Waals surface area contributed by atoms with E-state index in [1.165, 1.54) is 0 Å². The Labute approximate surface area is 86.9 Å². The maximum absolute atomic E-state index is 5.62. The van der Waals surface area contributed by atoms with E-state index in [1.807, 2.05) is 13.8 Å². The van der Waals surface area contributed by atoms with Gasteiger partial charge in [-0.15, -0.1) is 0 Å². The zero-order valence-corrected chi connectivity index (χ0v) is 9.71. The van der Waals surface area contributed by atoms with E-state index >= 15 is 0 Å². The minimum absolute atomic E-state index is 0.269. The molecule has 0 aromatic carbocycles. The quantitative estimate of drug-likeness (QED) is 0.382. The van der Waals surface area contributed by atoms with Gasteiger partial charge >= 0.3 is 0 Å². The van der Waals surface area contributed by atoms with Crippen molar-refractivity contribution < 1.29 is 4.74 Å². The zero-order chi connectivity index (χ0) is 11.0. The third-order valence-corrected chi connectivity index (χ3v) is 1.49. The number of hydrogen-bond acceptors (Lipinski definition) is 2. The van der Waals surface area contributed by atoms with E-state index in [1.54, 1.807) is 0 Å². The summed E-state index contributed by atoms with van der Waals surface area (Å²) in [4.78, 5) is 4.17. The molecule has 3 N–H and O–H groups in total. The van der Waals surface area contributed by atoms with Crippen molar-refractivity contribution in [3.63, 3.8) is 0 Å². The maximum Gasteiger partial charge on any atom is 0.188 e. The summed E-state index contributed by atoms with van der Waals surface area (Å²) >= 11 is 0. The van der Waals surface area contributed by atoms with Crippen LogP contribution in [0.25, 0.3) is 0 Å². The molecule has 4 heteroatoms. The molecule has 0 heterocycles. The number of hydrogen-bond donors (Lipinski definition) is 2. The second-order valence-electron chi connectivity index (χ2n) is 3.97. The molecular weight excluding hydrogens is 178 g/mol. The lowest BCUT2D eigenvalue weighted by Gasteiger charge is -2.09. The van der Waals surface area contributed by atoms with Crippen molar-refractivity contribution in [2.24, 2.45) is 16.6 Å². The summed E-state index contributed by atoms with van der Waals surface area (Å²) in [5.74, 6) is 1.05. The largest absolute Gasteiger partial charge is 0.377 e. The lowest BCUT2D eigenvalue weighted by atomic mass is 10.2. The van der Waals surface area contributed by atoms with Gasteiger partial charge in [0.15, 0.2) is 5.96 Å². The molecule has 0 fully saturated rings. The molecule has 0 aromatic rings. The van der Waals surface area contributed by atoms with Crippen molar-refractivity contribution in [3.8, 4) is 0 Å². The SMILES string of the molecule is CC(C)CN=C(N)NCCOC(C)C. The highest BCUT2D eigenvalue weighted by Crippen LogP contribution is 1.90. The Morgan fingerprint density at radius 2 is 2.00 bits per heavy atom. The summed E-state index contributed by atoms with van der Waals surface area (Å²) in [6.07, 6.45) is 0.269. The van der Waals surface area contributed by atoms with Gasteiger partial charge in [0.2, 0.25) is 0 Å². The van der Waals surface area contributed by atoms with E-state index in [2.05, 4.69) is 24.2 Å². The Bertz CT molecular complexity index is 167. The fourth-order valence-electron chi connectivity index (χ4n) is 0.811. The smallest absolute Gasteiger partial charge is 0.188 e. The van der Waals surface area contributed by atoms with Gasteiger partial charge in [-0.2, -0.15) is 0 Å². The topological polar surface area (TPSA) is 59.6 Å². The molecule has 0 spiro atoms. The van der Waals surface area contributed by atoms with Crippen LogP contribution in [0.3, 0.4) is 0 Å². The van der Waals surface area contributed by atoms with Crippen molar-refractivity contribution in [1.82, 2.24) is 5.32 Å². The van der Waals surface area contributed by atoms with E-state index in [0.29, 0.717) is 25.0 Å². The van der Waals surface area contributed by atoms with Crippen molar-refractivity contribution in [1.29, 1.82) is 0 Å². The first kappa shape index (κ1) is 13.2. The molecule has 0 aliphatic heterocycles. The molecule has 0 rings (SSSR count). The van der Waals surface area contributed by atoms with E-state index in [-0.39, 0.29) is 6.10 Å². The molecule has 0 aromatic heterocycles. The van der Waals surface area contributed by atoms with Gasteiger partial charge in [0.05, 0.1) is 12.7 Å². The summed E-state index contributed by atoms with van der Waals surface area (Å²) in [6, 6.07) is 0. The molecule has 14 heavy (non-hydrogen) atoms. The fourth-order valence-corrected chi connectivity index (χ4v) is 0.811. The van der Waals surface area contributed by atoms with E-state index < -0.39 is 0 Å². The van der Waals surface area contributed by atoms with Gasteiger partial charge in [-0.3, -0.25) is 4.99 Å². The molecule has 84 valence electrons. The van der Waals surface area contributed by atoms with Gasteiger partial charge in [-0.25, -0.2) is 0 Å². The normalized spacial score (nSPS) is 12.6. The molecule has 0 amide bonds. The van der Waals surface area contributed by atoms with Gasteiger partial charge < -0.3 is 15.8 Å². The number of guanidine groups is 1. The van der Waals surface area contributed by atoms with Crippen LogP contribution in [0.15, 0.2) is 4.99 Å². The highest BCUT2D eigenvalue weighted by Gasteiger charge is 1.95. The molecular formula is C10H23N3O. The maximum atomic E-state index is 5.62. The highest BCUT2D eigenvalue weighted by molar-refractivity contribution is 5.77. The molecule has 0 unspecified atom stereocenters. The lowest BCUT2D eigenvalue weighted by molar-refractivity contribution is 0.0830. The number of aliphatic imine (C=N–C) groups is 1. The first-order valence-electron chi connectivity index (χ1n) is 5.17. The summed E-state index contributed by atoms with van der Waals surface area (Å²) < 4.78 is 5.34. The standard InChI is InChI=1S/C10H23N3O/c1-8(2)7-13-10(11)12-5-6-14-9(3)4/h8-9H,5-7H2,1-4H3,(H3,11,12,13). The minimum Gasteiger partial charge on any atom is -0.377 e. The second kappa shape index (κ2) is 7.62. The fraction of sp³-hybridized carbons (Fsp3) is 0.900. The Morgan fingerprint density at radius 3 is 2.50 bits per heavy atom. The molecule has 0 saturated carbocycles. The van der Waals surface area contributed by atoms with E-state index in [4.69, 9.17) is 10.5 Å². The monoisotopic (exact) mass is 201 g/mol. The predicted molar refractivity (Wildman–Crippen MR) is 60.4 cm³/mol. The molecule has 0 aliphatic carbocycles. The Morgan fingerprint density at radius 1 is 1.36 bits per heavy atom. The van der Waals surface area contributed by atoms with Crippen LogP contribution in [-0.4, -0.2) is 31.8 Å². The number of rotatable bonds is 6. The molecule has 0 aliphatic rings. The number of nitrogens with two attached hydrogens (primary N) is 1. The predicted octanol–water partition coefficient (Wildman–Crippen LogP) is 0.972. The van der Waals surface area contributed by atoms with Gasteiger partial charge in [-0.1, -0.05) is 13.8 Å². The highest BCUT2D eigenvalue weighted by atomic mass is 16.5. The van der Waals surface area contributed by atoms with Gasteiger partial charge in [0.1, 0.15) is 0 Å². The Kier molecular flexibility index (Phi) is 7.20. The van der Waals surface area contributed by atoms with Gasteiger partial charge in [0.25, 0.3) is 0 Å². The van der Waals surface area contributed by atoms with Crippen LogP contribution in [0.1, 0.15) is 27.7 Å². The summed E-state index contributed by atoms with van der Waals surface area (Å²) in [6.45, 7) is 10.4. The zero-order valence-electron chi connectivity index (χ0n) is 9.71. The van der Waals surface area contributed by atoms with E-state index in [0.717, 1.165) is 6.54 Å². The van der Waals surface area contributed by atoms with Crippen LogP contribution in [-0.2, 0) is 4.74 Å². The van der Waals surface area contributed by atoms with Crippen LogP contribution in [0.5, 0.6) is 0 Å². The van der Waals surface area contributed by atoms with Crippen molar-refractivity contribution in [2.45, 2.75) is 33.8 Å². The Balaban J connectivity index is 3.43. The summed E-state index contributed by atoms with van der Waals surface area (Å²) in [7, 11) is 0. The summed E-state index contributed by atoms with van der Waals surface area (Å²) in [5, 5.41) is 3.00. The van der Waals surface area contributed by atoms with Crippen LogP contribution >= 0.6 is 0 Å². The van der Waals surface area contributed by atoms with E-state index in [9.17, 15) is 0 Å². The molecule has 0 atom stereocenters. The van der Waals surface area contributed by atoms with Gasteiger partial charge in [0, 0.05) is 13.1 Å².